The molecule has 0 saturated carbocycles. The fourth-order valence-electron chi connectivity index (χ4n) is 2.63. The van der Waals surface area contributed by atoms with E-state index in [1.807, 2.05) is 0 Å². The summed E-state index contributed by atoms with van der Waals surface area (Å²) in [6, 6.07) is 7.41. The number of nitrogens with zero attached hydrogens (tertiary/aromatic N) is 1. The highest BCUT2D eigenvalue weighted by atomic mass is 35.5. The van der Waals surface area contributed by atoms with Gasteiger partial charge in [0.05, 0.1) is 22.5 Å². The average Bonchev–Trinajstić information content (AvgIpc) is 2.61. The first-order valence-corrected chi connectivity index (χ1v) is 10.8. The first-order chi connectivity index (χ1) is 13.3. The predicted molar refractivity (Wildman–Crippen MR) is 107 cm³/mol. The van der Waals surface area contributed by atoms with Crippen LogP contribution in [0.5, 0.6) is 0 Å². The lowest BCUT2D eigenvalue weighted by molar-refractivity contribution is -0.137. The highest BCUT2D eigenvalue weighted by Crippen LogP contribution is 2.32. The van der Waals surface area contributed by atoms with Crippen LogP contribution in [0.15, 0.2) is 42.5 Å². The molecule has 2 aromatic rings. The molecule has 158 valence electrons. The summed E-state index contributed by atoms with van der Waals surface area (Å²) in [4.78, 5) is 12.5. The quantitative estimate of drug-likeness (QED) is 0.679. The molecule has 1 amide bonds. The lowest BCUT2D eigenvalue weighted by Gasteiger charge is -2.29. The number of carbonyl (C=O) groups is 1. The van der Waals surface area contributed by atoms with E-state index in [-0.39, 0.29) is 27.8 Å². The number of halogens is 5. The Morgan fingerprint density at radius 2 is 1.83 bits per heavy atom. The zero-order valence-electron chi connectivity index (χ0n) is 15.3. The number of nitrogens with one attached hydrogen (secondary N) is 1. The number of carbonyl (C=O) groups excluding carboxylic acids is 1. The van der Waals surface area contributed by atoms with Crippen molar-refractivity contribution in [3.05, 3.63) is 63.6 Å². The Labute approximate surface area is 176 Å². The van der Waals surface area contributed by atoms with Crippen molar-refractivity contribution in [3.8, 4) is 0 Å². The summed E-state index contributed by atoms with van der Waals surface area (Å²) in [5.41, 5.74) is -0.615. The summed E-state index contributed by atoms with van der Waals surface area (Å²) in [6.07, 6.45) is -3.61. The monoisotopic (exact) mass is 468 g/mol. The van der Waals surface area contributed by atoms with Crippen LogP contribution in [0.2, 0.25) is 10.0 Å². The van der Waals surface area contributed by atoms with Crippen LogP contribution < -0.4 is 9.62 Å². The predicted octanol–water partition coefficient (Wildman–Crippen LogP) is 4.48. The number of amides is 1. The molecule has 2 rings (SSSR count). The van der Waals surface area contributed by atoms with Gasteiger partial charge in [-0.1, -0.05) is 35.3 Å². The molecule has 0 aromatic heterocycles. The molecule has 0 bridgehead atoms. The van der Waals surface area contributed by atoms with Crippen molar-refractivity contribution in [1.82, 2.24) is 5.32 Å². The lowest BCUT2D eigenvalue weighted by Crippen LogP contribution is -2.47. The van der Waals surface area contributed by atoms with Crippen LogP contribution >= 0.6 is 23.2 Å². The highest BCUT2D eigenvalue weighted by Gasteiger charge is 2.32. The minimum absolute atomic E-state index is 0.0170. The normalized spacial score (nSPS) is 13.1. The maximum atomic E-state index is 12.8. The second-order valence-electron chi connectivity index (χ2n) is 6.25. The van der Waals surface area contributed by atoms with Crippen molar-refractivity contribution < 1.29 is 26.4 Å². The van der Waals surface area contributed by atoms with Gasteiger partial charge in [0.1, 0.15) is 6.04 Å². The van der Waals surface area contributed by atoms with Crippen molar-refractivity contribution in [1.29, 1.82) is 0 Å². The van der Waals surface area contributed by atoms with Crippen molar-refractivity contribution in [3.63, 3.8) is 0 Å². The molecule has 0 fully saturated rings. The number of hydrogen-bond acceptors (Lipinski definition) is 3. The third-order valence-corrected chi connectivity index (χ3v) is 5.74. The van der Waals surface area contributed by atoms with E-state index >= 15 is 0 Å². The topological polar surface area (TPSA) is 66.5 Å². The molecule has 11 heteroatoms. The van der Waals surface area contributed by atoms with Gasteiger partial charge in [-0.2, -0.15) is 13.2 Å². The molecule has 0 spiro atoms. The zero-order chi connectivity index (χ0) is 22.0. The number of sulfonamides is 1. The Morgan fingerprint density at radius 1 is 1.17 bits per heavy atom. The SMILES string of the molecule is C[C@H](C(=O)NCc1cccc(C(F)(F)F)c1)N(c1cc(Cl)ccc1Cl)S(C)(=O)=O. The van der Waals surface area contributed by atoms with Crippen LogP contribution in [0.1, 0.15) is 18.1 Å². The number of anilines is 1. The van der Waals surface area contributed by atoms with E-state index in [0.29, 0.717) is 0 Å². The van der Waals surface area contributed by atoms with Crippen LogP contribution in [0.25, 0.3) is 0 Å². The van der Waals surface area contributed by atoms with Gasteiger partial charge < -0.3 is 5.32 Å². The average molecular weight is 469 g/mol. The van der Waals surface area contributed by atoms with E-state index in [2.05, 4.69) is 5.32 Å². The Morgan fingerprint density at radius 3 is 2.41 bits per heavy atom. The van der Waals surface area contributed by atoms with Crippen LogP contribution in [-0.2, 0) is 27.5 Å². The molecule has 29 heavy (non-hydrogen) atoms. The van der Waals surface area contributed by atoms with Gasteiger partial charge in [-0.25, -0.2) is 8.42 Å². The van der Waals surface area contributed by atoms with Crippen molar-refractivity contribution >= 4 is 44.8 Å². The Bertz CT molecular complexity index is 1010. The van der Waals surface area contributed by atoms with Gasteiger partial charge >= 0.3 is 6.18 Å². The number of alkyl halides is 3. The van der Waals surface area contributed by atoms with Crippen LogP contribution in [0.3, 0.4) is 0 Å². The van der Waals surface area contributed by atoms with Crippen LogP contribution in [0, 0.1) is 0 Å². The van der Waals surface area contributed by atoms with Gasteiger partial charge in [0.25, 0.3) is 0 Å². The van der Waals surface area contributed by atoms with Gasteiger partial charge in [-0.3, -0.25) is 9.10 Å². The Kier molecular flexibility index (Phi) is 7.08. The van der Waals surface area contributed by atoms with E-state index in [9.17, 15) is 26.4 Å². The largest absolute Gasteiger partial charge is 0.416 e. The third-order valence-electron chi connectivity index (χ3n) is 3.96. The van der Waals surface area contributed by atoms with Gasteiger partial charge in [0, 0.05) is 11.6 Å². The molecule has 0 heterocycles. The highest BCUT2D eigenvalue weighted by molar-refractivity contribution is 7.92. The van der Waals surface area contributed by atoms with Gasteiger partial charge in [-0.05, 0) is 42.8 Å². The van der Waals surface area contributed by atoms with Crippen molar-refractivity contribution in [2.45, 2.75) is 25.7 Å². The fourth-order valence-corrected chi connectivity index (χ4v) is 4.23. The van der Waals surface area contributed by atoms with Gasteiger partial charge in [0.15, 0.2) is 0 Å². The third kappa shape index (κ3) is 6.01. The number of hydrogen-bond donors (Lipinski definition) is 1. The lowest BCUT2D eigenvalue weighted by atomic mass is 10.1. The molecule has 0 saturated heterocycles. The maximum absolute atomic E-state index is 12.8. The maximum Gasteiger partial charge on any atom is 0.416 e. The second-order valence-corrected chi connectivity index (χ2v) is 8.95. The minimum Gasteiger partial charge on any atom is -0.350 e. The van der Waals surface area contributed by atoms with Gasteiger partial charge in [-0.15, -0.1) is 0 Å². The molecule has 0 aliphatic carbocycles. The van der Waals surface area contributed by atoms with Crippen molar-refractivity contribution in [2.75, 3.05) is 10.6 Å². The molecule has 5 nitrogen and oxygen atoms in total. The first kappa shape index (κ1) is 23.3. The smallest absolute Gasteiger partial charge is 0.350 e. The molecule has 1 N–H and O–H groups in total. The van der Waals surface area contributed by atoms with E-state index < -0.39 is 33.7 Å². The van der Waals surface area contributed by atoms with Crippen molar-refractivity contribution in [2.24, 2.45) is 0 Å². The first-order valence-electron chi connectivity index (χ1n) is 8.19. The number of rotatable bonds is 6. The van der Waals surface area contributed by atoms with E-state index in [1.54, 1.807) is 0 Å². The Balaban J connectivity index is 2.24. The summed E-state index contributed by atoms with van der Waals surface area (Å²) < 4.78 is 63.8. The molecule has 1 atom stereocenters. The van der Waals surface area contributed by atoms with E-state index in [4.69, 9.17) is 23.2 Å². The molecule has 0 aliphatic heterocycles. The molecular weight excluding hydrogens is 452 g/mol. The summed E-state index contributed by atoms with van der Waals surface area (Å²) >= 11 is 12.0. The van der Waals surface area contributed by atoms with E-state index in [1.165, 1.54) is 37.3 Å². The summed E-state index contributed by atoms with van der Waals surface area (Å²) in [5.74, 6) is -0.719. The molecule has 0 unspecified atom stereocenters. The summed E-state index contributed by atoms with van der Waals surface area (Å²) in [6.45, 7) is 1.12. The zero-order valence-corrected chi connectivity index (χ0v) is 17.6. The fraction of sp³-hybridized carbons (Fsp3) is 0.278. The number of benzene rings is 2. The molecular formula is C18H17Cl2F3N2O3S. The van der Waals surface area contributed by atoms with E-state index in [0.717, 1.165) is 22.7 Å². The van der Waals surface area contributed by atoms with Crippen LogP contribution in [0.4, 0.5) is 18.9 Å². The summed E-state index contributed by atoms with van der Waals surface area (Å²) in [5, 5.41) is 2.73. The van der Waals surface area contributed by atoms with Crippen LogP contribution in [-0.4, -0.2) is 26.6 Å². The molecule has 0 radical (unpaired) electrons. The Hall–Kier alpha value is -1.97. The molecule has 2 aromatic carbocycles. The standard InChI is InChI=1S/C18H17Cl2F3N2O3S/c1-11(25(29(2,27)28)16-9-14(19)6-7-15(16)20)17(26)24-10-12-4-3-5-13(8-12)18(21,22)23/h3-9,11H,10H2,1-2H3,(H,24,26)/t11-/m1/s1. The molecule has 0 aliphatic rings. The minimum atomic E-state index is -4.51. The summed E-state index contributed by atoms with van der Waals surface area (Å²) in [7, 11) is -3.93. The second kappa shape index (κ2) is 8.81. The van der Waals surface area contributed by atoms with Gasteiger partial charge in [0.2, 0.25) is 15.9 Å².